The molecule has 0 saturated carbocycles. The highest BCUT2D eigenvalue weighted by molar-refractivity contribution is 7.86. The van der Waals surface area contributed by atoms with Gasteiger partial charge in [0.15, 0.2) is 11.5 Å². The number of benzene rings is 4. The molecule has 4 aromatic rings. The topological polar surface area (TPSA) is 179 Å². The van der Waals surface area contributed by atoms with Crippen LogP contribution in [0.5, 0.6) is 23.0 Å². The second kappa shape index (κ2) is 9.51. The lowest BCUT2D eigenvalue weighted by molar-refractivity contribution is 0.449. The Kier molecular flexibility index (Phi) is 6.61. The molecule has 186 valence electrons. The average Bonchev–Trinajstić information content (AvgIpc) is 2.81. The van der Waals surface area contributed by atoms with Gasteiger partial charge in [-0.2, -0.15) is 16.8 Å². The Morgan fingerprint density at radius 2 is 0.889 bits per heavy atom. The van der Waals surface area contributed by atoms with E-state index in [0.717, 1.165) is 0 Å². The molecule has 36 heavy (non-hydrogen) atoms. The lowest BCUT2D eigenvalue weighted by Crippen LogP contribution is -2.02. The molecule has 0 atom stereocenters. The molecule has 0 fully saturated rings. The first-order chi connectivity index (χ1) is 16.9. The van der Waals surface area contributed by atoms with Crippen LogP contribution in [-0.4, -0.2) is 25.9 Å². The van der Waals surface area contributed by atoms with Crippen molar-refractivity contribution in [2.75, 3.05) is 11.5 Å². The summed E-state index contributed by atoms with van der Waals surface area (Å²) in [5.74, 6) is 0.0122. The smallest absolute Gasteiger partial charge is 0.298 e. The van der Waals surface area contributed by atoms with Gasteiger partial charge in [-0.05, 0) is 59.7 Å². The Morgan fingerprint density at radius 1 is 0.528 bits per heavy atom. The van der Waals surface area contributed by atoms with Gasteiger partial charge in [0.1, 0.15) is 21.3 Å². The van der Waals surface area contributed by atoms with Crippen LogP contribution in [0.4, 0.5) is 11.4 Å². The summed E-state index contributed by atoms with van der Waals surface area (Å²) in [6, 6.07) is 20.6. The number of rotatable bonds is 7. The number of anilines is 2. The first kappa shape index (κ1) is 25.0. The fraction of sp³-hybridized carbons (Fsp3) is 0. The van der Waals surface area contributed by atoms with Gasteiger partial charge in [-0.15, -0.1) is 0 Å². The molecule has 12 heteroatoms. The van der Waals surface area contributed by atoms with Crippen LogP contribution in [0, 0.1) is 0 Å². The van der Waals surface area contributed by atoms with Crippen molar-refractivity contribution in [2.24, 2.45) is 0 Å². The number of hydrogen-bond acceptors (Lipinski definition) is 8. The van der Waals surface area contributed by atoms with E-state index in [-0.39, 0.29) is 34.4 Å². The van der Waals surface area contributed by atoms with E-state index in [4.69, 9.17) is 20.9 Å². The molecule has 6 N–H and O–H groups in total. The van der Waals surface area contributed by atoms with Crippen LogP contribution in [-0.2, 0) is 20.2 Å². The van der Waals surface area contributed by atoms with E-state index >= 15 is 0 Å². The van der Waals surface area contributed by atoms with Crippen LogP contribution in [0.2, 0.25) is 0 Å². The van der Waals surface area contributed by atoms with Crippen molar-refractivity contribution in [3.05, 3.63) is 84.9 Å². The predicted molar refractivity (Wildman–Crippen MR) is 133 cm³/mol. The molecular weight excluding hydrogens is 508 g/mol. The van der Waals surface area contributed by atoms with Gasteiger partial charge in [0.05, 0.1) is 11.4 Å². The van der Waals surface area contributed by atoms with E-state index in [1.54, 1.807) is 36.4 Å². The number of nitrogens with two attached hydrogens (primary N) is 2. The lowest BCUT2D eigenvalue weighted by atomic mass is 10.0. The number of nitrogen functional groups attached to an aromatic ring is 2. The molecule has 0 aromatic heterocycles. The minimum Gasteiger partial charge on any atom is -0.454 e. The zero-order chi connectivity index (χ0) is 26.1. The average molecular weight is 529 g/mol. The molecule has 0 aliphatic rings. The first-order valence-electron chi connectivity index (χ1n) is 10.2. The van der Waals surface area contributed by atoms with E-state index in [0.29, 0.717) is 11.1 Å². The van der Waals surface area contributed by atoms with Crippen molar-refractivity contribution >= 4 is 31.6 Å². The third kappa shape index (κ3) is 5.42. The molecule has 0 bridgehead atoms. The second-order valence-corrected chi connectivity index (χ2v) is 10.3. The van der Waals surface area contributed by atoms with E-state index in [9.17, 15) is 25.9 Å². The first-order valence-corrected chi connectivity index (χ1v) is 13.1. The lowest BCUT2D eigenvalue weighted by Gasteiger charge is -2.15. The van der Waals surface area contributed by atoms with E-state index < -0.39 is 30.0 Å². The largest absolute Gasteiger partial charge is 0.454 e. The Morgan fingerprint density at radius 3 is 1.25 bits per heavy atom. The maximum Gasteiger partial charge on any atom is 0.298 e. The summed E-state index contributed by atoms with van der Waals surface area (Å²) in [6.07, 6.45) is 0. The van der Waals surface area contributed by atoms with Gasteiger partial charge in [-0.1, -0.05) is 36.4 Å². The standard InChI is InChI=1S/C24H20N2O8S2/c25-17-11-9-15(13-21(17)33-19-5-1-3-7-23(19)35(27,28)29)16-10-12-18(26)22(14-16)34-20-6-2-4-8-24(20)36(30,31)32/h1-14H,25-26H2,(H,27,28,29)(H,30,31,32). The maximum absolute atomic E-state index is 11.7. The van der Waals surface area contributed by atoms with Crippen LogP contribution < -0.4 is 20.9 Å². The molecule has 0 radical (unpaired) electrons. The van der Waals surface area contributed by atoms with Gasteiger partial charge < -0.3 is 20.9 Å². The molecule has 4 aromatic carbocycles. The summed E-state index contributed by atoms with van der Waals surface area (Å²) < 4.78 is 77.1. The highest BCUT2D eigenvalue weighted by atomic mass is 32.2. The van der Waals surface area contributed by atoms with Crippen LogP contribution >= 0.6 is 0 Å². The monoisotopic (exact) mass is 528 g/mol. The molecule has 0 unspecified atom stereocenters. The van der Waals surface area contributed by atoms with E-state index in [2.05, 4.69) is 0 Å². The van der Waals surface area contributed by atoms with E-state index in [1.165, 1.54) is 48.5 Å². The van der Waals surface area contributed by atoms with Crippen molar-refractivity contribution in [3.8, 4) is 34.1 Å². The summed E-state index contributed by atoms with van der Waals surface area (Å²) in [4.78, 5) is -0.842. The van der Waals surface area contributed by atoms with Crippen LogP contribution in [0.1, 0.15) is 0 Å². The van der Waals surface area contributed by atoms with Crippen molar-refractivity contribution in [2.45, 2.75) is 9.79 Å². The van der Waals surface area contributed by atoms with Crippen molar-refractivity contribution in [1.82, 2.24) is 0 Å². The van der Waals surface area contributed by atoms with Crippen LogP contribution in [0.25, 0.3) is 11.1 Å². The van der Waals surface area contributed by atoms with Crippen LogP contribution in [0.15, 0.2) is 94.7 Å². The van der Waals surface area contributed by atoms with Gasteiger partial charge in [0, 0.05) is 0 Å². The molecule has 0 aliphatic heterocycles. The minimum absolute atomic E-state index is 0.119. The maximum atomic E-state index is 11.7. The Bertz CT molecular complexity index is 1540. The summed E-state index contributed by atoms with van der Waals surface area (Å²) in [7, 11) is -9.08. The molecule has 0 amide bonds. The molecular formula is C24H20N2O8S2. The molecule has 0 spiro atoms. The van der Waals surface area contributed by atoms with Gasteiger partial charge in [0.2, 0.25) is 0 Å². The minimum atomic E-state index is -4.54. The number of ether oxygens (including phenoxy) is 2. The zero-order valence-corrected chi connectivity index (χ0v) is 20.0. The summed E-state index contributed by atoms with van der Waals surface area (Å²) in [6.45, 7) is 0. The quantitative estimate of drug-likeness (QED) is 0.196. The molecule has 0 aliphatic carbocycles. The Balaban J connectivity index is 1.72. The zero-order valence-electron chi connectivity index (χ0n) is 18.4. The highest BCUT2D eigenvalue weighted by Crippen LogP contribution is 2.38. The van der Waals surface area contributed by atoms with Gasteiger partial charge in [-0.25, -0.2) is 0 Å². The normalized spacial score (nSPS) is 11.7. The third-order valence-electron chi connectivity index (χ3n) is 5.05. The van der Waals surface area contributed by atoms with Crippen molar-refractivity contribution < 1.29 is 35.4 Å². The summed E-state index contributed by atoms with van der Waals surface area (Å²) >= 11 is 0. The highest BCUT2D eigenvalue weighted by Gasteiger charge is 2.19. The fourth-order valence-corrected chi connectivity index (χ4v) is 4.57. The van der Waals surface area contributed by atoms with E-state index in [1.807, 2.05) is 0 Å². The summed E-state index contributed by atoms with van der Waals surface area (Å²) in [5, 5.41) is 0. The Labute approximate surface area is 207 Å². The third-order valence-corrected chi connectivity index (χ3v) is 6.84. The molecule has 10 nitrogen and oxygen atoms in total. The van der Waals surface area contributed by atoms with Crippen molar-refractivity contribution in [3.63, 3.8) is 0 Å². The SMILES string of the molecule is Nc1ccc(-c2ccc(N)c(Oc3ccccc3S(=O)(=O)O)c2)cc1Oc1ccccc1S(=O)(=O)O. The molecule has 4 rings (SSSR count). The van der Waals surface area contributed by atoms with Gasteiger partial charge >= 0.3 is 0 Å². The van der Waals surface area contributed by atoms with Gasteiger partial charge in [0.25, 0.3) is 20.2 Å². The molecule has 0 saturated heterocycles. The summed E-state index contributed by atoms with van der Waals surface area (Å²) in [5.41, 5.74) is 13.6. The molecule has 0 heterocycles. The Hall–Kier alpha value is -4.10. The number of hydrogen-bond donors (Lipinski definition) is 4. The predicted octanol–water partition coefficient (Wildman–Crippen LogP) is 4.60. The second-order valence-electron chi connectivity index (χ2n) is 7.55. The van der Waals surface area contributed by atoms with Gasteiger partial charge in [-0.3, -0.25) is 9.11 Å². The van der Waals surface area contributed by atoms with Crippen molar-refractivity contribution in [1.29, 1.82) is 0 Å². The number of para-hydroxylation sites is 2. The fourth-order valence-electron chi connectivity index (χ4n) is 3.34. The van der Waals surface area contributed by atoms with Crippen LogP contribution in [0.3, 0.4) is 0 Å².